The van der Waals surface area contributed by atoms with Gasteiger partial charge in [-0.15, -0.1) is 5.10 Å². The summed E-state index contributed by atoms with van der Waals surface area (Å²) in [5, 5.41) is 12.7. The maximum Gasteiger partial charge on any atom is 0.295 e. The van der Waals surface area contributed by atoms with Gasteiger partial charge >= 0.3 is 0 Å². The first-order valence-electron chi connectivity index (χ1n) is 11.8. The topological polar surface area (TPSA) is 91.2 Å². The SMILES string of the molecule is C[C@H]1CC[C@H](c2ccccc2)S(=O)(=O)N1Cc1cc(F)c([C@]2(C3=NNC(O)O3)C[C@](C)(F)C2)cc1F. The zero-order valence-electron chi connectivity index (χ0n) is 19.9. The molecule has 7 nitrogen and oxygen atoms in total. The fraction of sp³-hybridized carbons (Fsp3) is 0.480. The second-order valence-electron chi connectivity index (χ2n) is 10.2. The first-order valence-corrected chi connectivity index (χ1v) is 13.3. The van der Waals surface area contributed by atoms with Crippen LogP contribution in [0.3, 0.4) is 0 Å². The quantitative estimate of drug-likeness (QED) is 0.619. The lowest BCUT2D eigenvalue weighted by Crippen LogP contribution is -2.56. The normalized spacial score (nSPS) is 33.8. The van der Waals surface area contributed by atoms with E-state index in [9.17, 15) is 17.9 Å². The van der Waals surface area contributed by atoms with Crippen LogP contribution in [0.1, 0.15) is 61.5 Å². The van der Waals surface area contributed by atoms with E-state index in [1.54, 1.807) is 37.3 Å². The highest BCUT2D eigenvalue weighted by Gasteiger charge is 2.60. The van der Waals surface area contributed by atoms with Crippen molar-refractivity contribution in [2.45, 2.75) is 74.9 Å². The molecule has 0 radical (unpaired) electrons. The van der Waals surface area contributed by atoms with Crippen LogP contribution in [0, 0.1) is 11.6 Å². The number of hydrazone groups is 1. The number of benzene rings is 2. The third-order valence-corrected chi connectivity index (χ3v) is 9.79. The van der Waals surface area contributed by atoms with Gasteiger partial charge in [-0.1, -0.05) is 30.3 Å². The first kappa shape index (κ1) is 25.0. The van der Waals surface area contributed by atoms with Gasteiger partial charge in [0.25, 0.3) is 6.41 Å². The number of nitrogens with one attached hydrogen (secondary N) is 1. The number of hydrogen-bond donors (Lipinski definition) is 2. The average molecular weight is 524 g/mol. The summed E-state index contributed by atoms with van der Waals surface area (Å²) in [6.07, 6.45) is -0.866. The van der Waals surface area contributed by atoms with Crippen molar-refractivity contribution in [1.82, 2.24) is 9.73 Å². The van der Waals surface area contributed by atoms with Crippen molar-refractivity contribution >= 4 is 15.9 Å². The highest BCUT2D eigenvalue weighted by molar-refractivity contribution is 7.89. The molecule has 3 aliphatic rings. The summed E-state index contributed by atoms with van der Waals surface area (Å²) < 4.78 is 78.9. The highest BCUT2D eigenvalue weighted by atomic mass is 32.2. The largest absolute Gasteiger partial charge is 0.430 e. The van der Waals surface area contributed by atoms with Crippen LogP contribution in [0.4, 0.5) is 13.2 Å². The van der Waals surface area contributed by atoms with Crippen LogP contribution in [0.5, 0.6) is 0 Å². The first-order chi connectivity index (χ1) is 16.9. The van der Waals surface area contributed by atoms with Gasteiger partial charge in [-0.3, -0.25) is 0 Å². The van der Waals surface area contributed by atoms with Crippen molar-refractivity contribution in [3.63, 3.8) is 0 Å². The molecule has 0 amide bonds. The molecule has 2 heterocycles. The molecule has 36 heavy (non-hydrogen) atoms. The minimum absolute atomic E-state index is 0.117. The summed E-state index contributed by atoms with van der Waals surface area (Å²) >= 11 is 0. The van der Waals surface area contributed by atoms with Crippen molar-refractivity contribution < 1.29 is 31.4 Å². The Morgan fingerprint density at radius 3 is 2.47 bits per heavy atom. The molecule has 1 saturated carbocycles. The monoisotopic (exact) mass is 523 g/mol. The Labute approximate surface area is 208 Å². The third-order valence-electron chi connectivity index (χ3n) is 7.42. The lowest BCUT2D eigenvalue weighted by atomic mass is 9.57. The molecule has 11 heteroatoms. The Morgan fingerprint density at radius 2 is 1.86 bits per heavy atom. The van der Waals surface area contributed by atoms with Gasteiger partial charge in [-0.25, -0.2) is 27.0 Å². The lowest BCUT2D eigenvalue weighted by Gasteiger charge is -2.49. The molecule has 1 saturated heterocycles. The van der Waals surface area contributed by atoms with E-state index in [1.807, 2.05) is 0 Å². The second kappa shape index (κ2) is 8.74. The molecule has 2 N–H and O–H groups in total. The van der Waals surface area contributed by atoms with Crippen molar-refractivity contribution in [1.29, 1.82) is 0 Å². The third kappa shape index (κ3) is 4.16. The van der Waals surface area contributed by atoms with Crippen molar-refractivity contribution in [3.8, 4) is 0 Å². The maximum absolute atomic E-state index is 15.5. The highest BCUT2D eigenvalue weighted by Crippen LogP contribution is 2.54. The summed E-state index contributed by atoms with van der Waals surface area (Å²) in [4.78, 5) is 0. The minimum Gasteiger partial charge on any atom is -0.430 e. The Morgan fingerprint density at radius 1 is 1.17 bits per heavy atom. The van der Waals surface area contributed by atoms with E-state index in [0.29, 0.717) is 18.4 Å². The number of alkyl halides is 1. The van der Waals surface area contributed by atoms with E-state index in [4.69, 9.17) is 4.74 Å². The number of aliphatic hydroxyl groups is 1. The van der Waals surface area contributed by atoms with Crippen LogP contribution in [0.25, 0.3) is 0 Å². The van der Waals surface area contributed by atoms with Gasteiger partial charge in [0.1, 0.15) is 22.6 Å². The molecule has 3 atom stereocenters. The van der Waals surface area contributed by atoms with Crippen LogP contribution >= 0.6 is 0 Å². The minimum atomic E-state index is -3.84. The molecule has 0 spiro atoms. The van der Waals surface area contributed by atoms with Gasteiger partial charge in [0, 0.05) is 23.7 Å². The van der Waals surface area contributed by atoms with Gasteiger partial charge in [-0.05, 0) is 57.2 Å². The van der Waals surface area contributed by atoms with E-state index in [0.717, 1.165) is 12.1 Å². The molecule has 2 aromatic carbocycles. The van der Waals surface area contributed by atoms with Gasteiger partial charge < -0.3 is 9.84 Å². The molecular formula is C25H28F3N3O4S. The Balaban J connectivity index is 1.47. The molecular weight excluding hydrogens is 495 g/mol. The number of sulfonamides is 1. The number of halogens is 3. The van der Waals surface area contributed by atoms with Crippen LogP contribution < -0.4 is 5.43 Å². The van der Waals surface area contributed by atoms with Crippen LogP contribution in [-0.2, 0) is 26.7 Å². The van der Waals surface area contributed by atoms with Gasteiger partial charge in [0.2, 0.25) is 15.9 Å². The maximum atomic E-state index is 15.5. The van der Waals surface area contributed by atoms with E-state index >= 15 is 8.78 Å². The summed E-state index contributed by atoms with van der Waals surface area (Å²) in [7, 11) is -3.84. The van der Waals surface area contributed by atoms with Gasteiger partial charge in [-0.2, -0.15) is 4.31 Å². The fourth-order valence-electron chi connectivity index (χ4n) is 5.75. The number of ether oxygens (including phenoxy) is 1. The number of aliphatic hydroxyl groups excluding tert-OH is 1. The van der Waals surface area contributed by atoms with Crippen LogP contribution in [0.15, 0.2) is 47.6 Å². The van der Waals surface area contributed by atoms with E-state index in [-0.39, 0.29) is 36.4 Å². The molecule has 0 bridgehead atoms. The van der Waals surface area contributed by atoms with E-state index < -0.39 is 50.4 Å². The molecule has 1 unspecified atom stereocenters. The van der Waals surface area contributed by atoms with Gasteiger partial charge in [0.15, 0.2) is 0 Å². The Bertz CT molecular complexity index is 1300. The van der Waals surface area contributed by atoms with Crippen LogP contribution in [-0.4, -0.2) is 41.9 Å². The summed E-state index contributed by atoms with van der Waals surface area (Å²) in [5.41, 5.74) is -0.366. The number of nitrogens with zero attached hydrogens (tertiary/aromatic N) is 2. The number of rotatable bonds is 5. The molecule has 2 fully saturated rings. The second-order valence-corrected chi connectivity index (χ2v) is 12.3. The standard InChI is InChI=1S/C25H28F3N3O4S/c1-15-8-9-21(16-6-4-3-5-7-16)36(33,34)31(15)12-17-10-20(27)18(11-19(17)26)25(13-24(2,28)14-25)22-29-30-23(32)35-22/h3-7,10-11,15,21,23,30,32H,8-9,12-14H2,1-2H3/t15-,21+,23?,24-,25-/m0/s1. The van der Waals surface area contributed by atoms with Crippen molar-refractivity contribution in [3.05, 3.63) is 70.8 Å². The summed E-state index contributed by atoms with van der Waals surface area (Å²) in [6, 6.07) is 10.4. The molecule has 1 aliphatic carbocycles. The van der Waals surface area contributed by atoms with E-state index in [1.165, 1.54) is 11.2 Å². The summed E-state index contributed by atoms with van der Waals surface area (Å²) in [5.74, 6) is -1.75. The predicted octanol–water partition coefficient (Wildman–Crippen LogP) is 3.99. The Kier molecular flexibility index (Phi) is 6.08. The molecule has 0 aromatic heterocycles. The zero-order valence-corrected chi connectivity index (χ0v) is 20.7. The van der Waals surface area contributed by atoms with Crippen molar-refractivity contribution in [2.75, 3.05) is 0 Å². The van der Waals surface area contributed by atoms with Crippen molar-refractivity contribution in [2.24, 2.45) is 5.10 Å². The Hall–Kier alpha value is -2.63. The zero-order chi connectivity index (χ0) is 25.9. The molecule has 194 valence electrons. The average Bonchev–Trinajstić information content (AvgIpc) is 3.23. The van der Waals surface area contributed by atoms with E-state index in [2.05, 4.69) is 10.5 Å². The molecule has 2 aromatic rings. The number of hydrogen-bond acceptors (Lipinski definition) is 6. The lowest BCUT2D eigenvalue weighted by molar-refractivity contribution is -0.0504. The van der Waals surface area contributed by atoms with Crippen LogP contribution in [0.2, 0.25) is 0 Å². The smallest absolute Gasteiger partial charge is 0.295 e. The van der Waals surface area contributed by atoms with Gasteiger partial charge in [0.05, 0.1) is 5.41 Å². The fourth-order valence-corrected chi connectivity index (χ4v) is 7.94. The predicted molar refractivity (Wildman–Crippen MR) is 127 cm³/mol. The summed E-state index contributed by atoms with van der Waals surface area (Å²) in [6.45, 7) is 2.77. The molecule has 2 aliphatic heterocycles. The molecule has 5 rings (SSSR count).